The van der Waals surface area contributed by atoms with Crippen LogP contribution in [0.2, 0.25) is 0 Å². The van der Waals surface area contributed by atoms with Crippen LogP contribution in [-0.2, 0) is 11.3 Å². The van der Waals surface area contributed by atoms with Crippen molar-refractivity contribution in [2.75, 3.05) is 6.54 Å². The molecule has 0 unspecified atom stereocenters. The molecule has 26 heavy (non-hydrogen) atoms. The zero-order valence-corrected chi connectivity index (χ0v) is 15.3. The first-order valence-electron chi connectivity index (χ1n) is 8.43. The van der Waals surface area contributed by atoms with Gasteiger partial charge in [0.25, 0.3) is 0 Å². The van der Waals surface area contributed by atoms with E-state index in [9.17, 15) is 9.18 Å². The van der Waals surface area contributed by atoms with Crippen molar-refractivity contribution in [3.63, 3.8) is 0 Å². The first-order valence-corrected chi connectivity index (χ1v) is 8.43. The maximum Gasteiger partial charge on any atom is 0.407 e. The fraction of sp³-hybridized carbons (Fsp3) is 0.286. The Balaban J connectivity index is 1.78. The van der Waals surface area contributed by atoms with Crippen molar-refractivity contribution in [3.8, 4) is 5.75 Å². The Hall–Kier alpha value is -2.82. The third-order valence-corrected chi connectivity index (χ3v) is 3.31. The maximum absolute atomic E-state index is 13.5. The normalized spacial score (nSPS) is 11.4. The predicted octanol–water partition coefficient (Wildman–Crippen LogP) is 4.94. The van der Waals surface area contributed by atoms with Gasteiger partial charge in [-0.3, -0.25) is 0 Å². The average molecular weight is 357 g/mol. The Labute approximate surface area is 153 Å². The number of nitrogens with one attached hydrogen (secondary N) is 1. The molecule has 2 aromatic carbocycles. The number of rotatable bonds is 6. The number of halogens is 1. The van der Waals surface area contributed by atoms with Crippen LogP contribution in [0, 0.1) is 5.82 Å². The molecule has 2 aromatic rings. The smallest absolute Gasteiger partial charge is 0.407 e. The van der Waals surface area contributed by atoms with E-state index in [4.69, 9.17) is 9.47 Å². The molecule has 0 spiro atoms. The van der Waals surface area contributed by atoms with Crippen molar-refractivity contribution in [1.82, 2.24) is 5.32 Å². The van der Waals surface area contributed by atoms with Gasteiger partial charge in [0, 0.05) is 12.1 Å². The molecule has 0 bridgehead atoms. The third-order valence-electron chi connectivity index (χ3n) is 3.31. The van der Waals surface area contributed by atoms with Gasteiger partial charge in [-0.1, -0.05) is 42.5 Å². The van der Waals surface area contributed by atoms with Crippen molar-refractivity contribution in [3.05, 3.63) is 71.6 Å². The summed E-state index contributed by atoms with van der Waals surface area (Å²) in [6.45, 7) is 6.01. The molecule has 0 aliphatic carbocycles. The van der Waals surface area contributed by atoms with Gasteiger partial charge in [-0.05, 0) is 44.5 Å². The number of carbonyl (C=O) groups excluding carboxylic acids is 1. The van der Waals surface area contributed by atoms with E-state index in [1.807, 2.05) is 57.2 Å². The van der Waals surface area contributed by atoms with Gasteiger partial charge in [0.2, 0.25) is 0 Å². The van der Waals surface area contributed by atoms with Gasteiger partial charge in [-0.15, -0.1) is 0 Å². The van der Waals surface area contributed by atoms with Crippen LogP contribution in [0.4, 0.5) is 9.18 Å². The van der Waals surface area contributed by atoms with Gasteiger partial charge in [-0.2, -0.15) is 0 Å². The topological polar surface area (TPSA) is 47.6 Å². The molecule has 138 valence electrons. The van der Waals surface area contributed by atoms with Gasteiger partial charge >= 0.3 is 6.09 Å². The number of amides is 1. The highest BCUT2D eigenvalue weighted by Gasteiger charge is 2.14. The lowest BCUT2D eigenvalue weighted by Crippen LogP contribution is -2.32. The standard InChI is InChI=1S/C21H24FNO3/c1-21(2,3)26-20(24)23-14-6-7-16-10-12-18(13-11-16)25-15-17-8-4-5-9-19(17)22/h4-13H,14-15H2,1-3H3,(H,23,24). The SMILES string of the molecule is CC(C)(C)OC(=O)NCC=Cc1ccc(OCc2ccccc2F)cc1. The molecule has 4 nitrogen and oxygen atoms in total. The number of hydrogen-bond donors (Lipinski definition) is 1. The minimum absolute atomic E-state index is 0.182. The second-order valence-corrected chi connectivity index (χ2v) is 6.73. The Kier molecular flexibility index (Phi) is 6.78. The van der Waals surface area contributed by atoms with E-state index in [-0.39, 0.29) is 12.4 Å². The second-order valence-electron chi connectivity index (χ2n) is 6.73. The van der Waals surface area contributed by atoms with E-state index >= 15 is 0 Å². The molecular formula is C21H24FNO3. The zero-order chi connectivity index (χ0) is 19.0. The van der Waals surface area contributed by atoms with Crippen molar-refractivity contribution in [2.24, 2.45) is 0 Å². The van der Waals surface area contributed by atoms with E-state index in [2.05, 4.69) is 5.32 Å². The summed E-state index contributed by atoms with van der Waals surface area (Å²) in [5.74, 6) is 0.391. The molecule has 0 fully saturated rings. The molecule has 0 radical (unpaired) electrons. The number of alkyl carbamates (subject to hydrolysis) is 1. The summed E-state index contributed by atoms with van der Waals surface area (Å²) in [5, 5.41) is 2.66. The van der Waals surface area contributed by atoms with Crippen LogP contribution in [0.3, 0.4) is 0 Å². The van der Waals surface area contributed by atoms with Gasteiger partial charge < -0.3 is 14.8 Å². The Morgan fingerprint density at radius 3 is 2.46 bits per heavy atom. The Morgan fingerprint density at radius 2 is 1.81 bits per heavy atom. The van der Waals surface area contributed by atoms with E-state index in [1.54, 1.807) is 18.2 Å². The summed E-state index contributed by atoms with van der Waals surface area (Å²) in [5.41, 5.74) is 0.977. The van der Waals surface area contributed by atoms with Gasteiger partial charge in [0.15, 0.2) is 0 Å². The van der Waals surface area contributed by atoms with Crippen LogP contribution in [0.15, 0.2) is 54.6 Å². The van der Waals surface area contributed by atoms with E-state index in [0.717, 1.165) is 5.56 Å². The summed E-state index contributed by atoms with van der Waals surface area (Å²) in [7, 11) is 0. The Morgan fingerprint density at radius 1 is 1.12 bits per heavy atom. The quantitative estimate of drug-likeness (QED) is 0.796. The summed E-state index contributed by atoms with van der Waals surface area (Å²) in [6, 6.07) is 14.0. The van der Waals surface area contributed by atoms with Crippen LogP contribution < -0.4 is 10.1 Å². The fourth-order valence-electron chi connectivity index (χ4n) is 2.10. The summed E-state index contributed by atoms with van der Waals surface area (Å²) in [6.07, 6.45) is 3.27. The minimum Gasteiger partial charge on any atom is -0.489 e. The molecule has 2 rings (SSSR count). The number of ether oxygens (including phenoxy) is 2. The monoisotopic (exact) mass is 357 g/mol. The predicted molar refractivity (Wildman–Crippen MR) is 100 cm³/mol. The molecule has 0 aliphatic rings. The molecule has 0 aliphatic heterocycles. The van der Waals surface area contributed by atoms with Crippen molar-refractivity contribution in [2.45, 2.75) is 33.0 Å². The largest absolute Gasteiger partial charge is 0.489 e. The first kappa shape index (κ1) is 19.5. The first-order chi connectivity index (χ1) is 12.3. The molecule has 1 N–H and O–H groups in total. The van der Waals surface area contributed by atoms with E-state index < -0.39 is 11.7 Å². The highest BCUT2D eigenvalue weighted by atomic mass is 19.1. The van der Waals surface area contributed by atoms with Gasteiger partial charge in [-0.25, -0.2) is 9.18 Å². The van der Waals surface area contributed by atoms with E-state index in [0.29, 0.717) is 17.9 Å². The summed E-state index contributed by atoms with van der Waals surface area (Å²) >= 11 is 0. The summed E-state index contributed by atoms with van der Waals surface area (Å²) in [4.78, 5) is 11.5. The average Bonchev–Trinajstić information content (AvgIpc) is 2.57. The van der Waals surface area contributed by atoms with Crippen LogP contribution in [0.1, 0.15) is 31.9 Å². The molecule has 0 aromatic heterocycles. The zero-order valence-electron chi connectivity index (χ0n) is 15.3. The van der Waals surface area contributed by atoms with Crippen molar-refractivity contribution < 1.29 is 18.7 Å². The van der Waals surface area contributed by atoms with Gasteiger partial charge in [0.1, 0.15) is 23.8 Å². The molecule has 0 saturated heterocycles. The highest BCUT2D eigenvalue weighted by Crippen LogP contribution is 2.16. The number of benzene rings is 2. The van der Waals surface area contributed by atoms with E-state index in [1.165, 1.54) is 6.07 Å². The molecule has 1 amide bonds. The molecule has 0 heterocycles. The highest BCUT2D eigenvalue weighted by molar-refractivity contribution is 5.68. The second kappa shape index (κ2) is 9.04. The van der Waals surface area contributed by atoms with Crippen LogP contribution in [-0.4, -0.2) is 18.2 Å². The third kappa shape index (κ3) is 6.97. The lowest BCUT2D eigenvalue weighted by atomic mass is 10.2. The molecular weight excluding hydrogens is 333 g/mol. The summed E-state index contributed by atoms with van der Waals surface area (Å²) < 4.78 is 24.3. The van der Waals surface area contributed by atoms with Crippen molar-refractivity contribution in [1.29, 1.82) is 0 Å². The Bertz CT molecular complexity index is 749. The van der Waals surface area contributed by atoms with Crippen LogP contribution in [0.25, 0.3) is 6.08 Å². The van der Waals surface area contributed by atoms with Crippen LogP contribution in [0.5, 0.6) is 5.75 Å². The molecule has 5 heteroatoms. The van der Waals surface area contributed by atoms with Crippen LogP contribution >= 0.6 is 0 Å². The number of hydrogen-bond acceptors (Lipinski definition) is 3. The molecule has 0 atom stereocenters. The number of carbonyl (C=O) groups is 1. The lowest BCUT2D eigenvalue weighted by Gasteiger charge is -2.19. The van der Waals surface area contributed by atoms with Gasteiger partial charge in [0.05, 0.1) is 0 Å². The minimum atomic E-state index is -0.508. The van der Waals surface area contributed by atoms with Crippen molar-refractivity contribution >= 4 is 12.2 Å². The maximum atomic E-state index is 13.5. The lowest BCUT2D eigenvalue weighted by molar-refractivity contribution is 0.0534. The molecule has 0 saturated carbocycles. The fourth-order valence-corrected chi connectivity index (χ4v) is 2.10.